The van der Waals surface area contributed by atoms with Gasteiger partial charge in [0, 0.05) is 38.9 Å². The maximum absolute atomic E-state index is 13.0. The molecule has 1 aliphatic heterocycles. The summed E-state index contributed by atoms with van der Waals surface area (Å²) in [5.74, 6) is 0. The molecule has 0 N–H and O–H groups in total. The van der Waals surface area contributed by atoms with E-state index >= 15 is 0 Å². The van der Waals surface area contributed by atoms with Crippen molar-refractivity contribution in [2.75, 3.05) is 26.2 Å². The normalized spacial score (nSPS) is 17.2. The third-order valence-electron chi connectivity index (χ3n) is 4.32. The zero-order valence-electron chi connectivity index (χ0n) is 14.2. The summed E-state index contributed by atoms with van der Waals surface area (Å²) >= 11 is 5.57. The highest BCUT2D eigenvalue weighted by molar-refractivity contribution is 7.89. The molecule has 0 atom stereocenters. The van der Waals surface area contributed by atoms with E-state index in [9.17, 15) is 21.6 Å². The van der Waals surface area contributed by atoms with Crippen molar-refractivity contribution >= 4 is 21.6 Å². The van der Waals surface area contributed by atoms with Gasteiger partial charge in [0.25, 0.3) is 0 Å². The van der Waals surface area contributed by atoms with Crippen LogP contribution in [-0.2, 0) is 22.7 Å². The van der Waals surface area contributed by atoms with Crippen LogP contribution in [-0.4, -0.2) is 48.8 Å². The third-order valence-corrected chi connectivity index (χ3v) is 6.55. The number of sulfonamides is 1. The molecule has 5 nitrogen and oxygen atoms in total. The Hall–Kier alpha value is -1.68. The number of halogens is 4. The zero-order valence-corrected chi connectivity index (χ0v) is 15.7. The minimum atomic E-state index is -4.72. The molecule has 10 heteroatoms. The average molecular weight is 420 g/mol. The van der Waals surface area contributed by atoms with Gasteiger partial charge < -0.3 is 0 Å². The first-order valence-electron chi connectivity index (χ1n) is 8.17. The highest BCUT2D eigenvalue weighted by Crippen LogP contribution is 2.36. The minimum absolute atomic E-state index is 0.194. The van der Waals surface area contributed by atoms with Gasteiger partial charge in [-0.25, -0.2) is 8.42 Å². The molecule has 0 bridgehead atoms. The van der Waals surface area contributed by atoms with E-state index in [2.05, 4.69) is 9.88 Å². The van der Waals surface area contributed by atoms with Crippen LogP contribution in [0.25, 0.3) is 0 Å². The minimum Gasteiger partial charge on any atom is -0.295 e. The monoisotopic (exact) mass is 419 g/mol. The van der Waals surface area contributed by atoms with Gasteiger partial charge in [-0.1, -0.05) is 17.7 Å². The predicted octanol–water partition coefficient (Wildman–Crippen LogP) is 3.26. The lowest BCUT2D eigenvalue weighted by Crippen LogP contribution is -2.48. The van der Waals surface area contributed by atoms with Gasteiger partial charge in [0.05, 0.1) is 21.2 Å². The van der Waals surface area contributed by atoms with Crippen LogP contribution in [0.15, 0.2) is 47.5 Å². The number of pyridine rings is 1. The van der Waals surface area contributed by atoms with Gasteiger partial charge in [0.15, 0.2) is 0 Å². The Morgan fingerprint density at radius 3 is 2.37 bits per heavy atom. The Balaban J connectivity index is 1.72. The summed E-state index contributed by atoms with van der Waals surface area (Å²) in [5.41, 5.74) is -0.277. The third kappa shape index (κ3) is 4.60. The highest BCUT2D eigenvalue weighted by Gasteiger charge is 2.36. The molecule has 1 aliphatic rings. The van der Waals surface area contributed by atoms with Gasteiger partial charge in [-0.05, 0) is 30.3 Å². The smallest absolute Gasteiger partial charge is 0.295 e. The van der Waals surface area contributed by atoms with Crippen molar-refractivity contribution in [3.63, 3.8) is 0 Å². The van der Waals surface area contributed by atoms with Crippen LogP contribution in [0.1, 0.15) is 11.3 Å². The van der Waals surface area contributed by atoms with E-state index < -0.39 is 31.7 Å². The molecule has 0 aliphatic carbocycles. The second-order valence-electron chi connectivity index (χ2n) is 6.14. The van der Waals surface area contributed by atoms with Gasteiger partial charge in [-0.3, -0.25) is 9.88 Å². The molecule has 1 aromatic heterocycles. The Labute approximate surface area is 160 Å². The van der Waals surface area contributed by atoms with Crippen molar-refractivity contribution in [1.29, 1.82) is 0 Å². The topological polar surface area (TPSA) is 53.5 Å². The largest absolute Gasteiger partial charge is 0.417 e. The van der Waals surface area contributed by atoms with E-state index in [1.54, 1.807) is 6.20 Å². The number of hydrogen-bond acceptors (Lipinski definition) is 4. The number of aromatic nitrogens is 1. The molecule has 27 heavy (non-hydrogen) atoms. The molecule has 1 saturated heterocycles. The molecule has 2 aromatic rings. The first kappa shape index (κ1) is 20.1. The first-order chi connectivity index (χ1) is 12.7. The van der Waals surface area contributed by atoms with Gasteiger partial charge in [0.2, 0.25) is 10.0 Å². The molecule has 0 saturated carbocycles. The zero-order chi connectivity index (χ0) is 19.7. The van der Waals surface area contributed by atoms with Gasteiger partial charge >= 0.3 is 6.18 Å². The van der Waals surface area contributed by atoms with E-state index in [1.807, 2.05) is 18.2 Å². The van der Waals surface area contributed by atoms with Crippen LogP contribution < -0.4 is 0 Å². The molecule has 3 rings (SSSR count). The SMILES string of the molecule is O=S(=O)(c1ccc(Cl)c(C(F)(F)F)c1)N1CCN(Cc2ccccn2)CC1. The first-order valence-corrected chi connectivity index (χ1v) is 9.99. The molecule has 2 heterocycles. The number of benzene rings is 1. The van der Waals surface area contributed by atoms with Crippen LogP contribution >= 0.6 is 11.6 Å². The van der Waals surface area contributed by atoms with Crippen molar-refractivity contribution < 1.29 is 21.6 Å². The number of nitrogens with zero attached hydrogens (tertiary/aromatic N) is 3. The fraction of sp³-hybridized carbons (Fsp3) is 0.353. The predicted molar refractivity (Wildman–Crippen MR) is 94.7 cm³/mol. The van der Waals surface area contributed by atoms with Crippen molar-refractivity contribution in [2.45, 2.75) is 17.6 Å². The second-order valence-corrected chi connectivity index (χ2v) is 8.49. The molecule has 146 valence electrons. The molecular weight excluding hydrogens is 403 g/mol. The maximum Gasteiger partial charge on any atom is 0.417 e. The van der Waals surface area contributed by atoms with Crippen LogP contribution in [0.3, 0.4) is 0 Å². The molecule has 0 spiro atoms. The summed E-state index contributed by atoms with van der Waals surface area (Å²) in [4.78, 5) is 5.88. The van der Waals surface area contributed by atoms with Gasteiger partial charge in [0.1, 0.15) is 0 Å². The van der Waals surface area contributed by atoms with Crippen molar-refractivity contribution in [1.82, 2.24) is 14.2 Å². The fourth-order valence-corrected chi connectivity index (χ4v) is 4.55. The highest BCUT2D eigenvalue weighted by atomic mass is 35.5. The fourth-order valence-electron chi connectivity index (χ4n) is 2.88. The lowest BCUT2D eigenvalue weighted by molar-refractivity contribution is -0.137. The Bertz CT molecular complexity index is 899. The quantitative estimate of drug-likeness (QED) is 0.763. The maximum atomic E-state index is 13.0. The molecule has 0 radical (unpaired) electrons. The molecule has 1 aromatic carbocycles. The number of piperazine rings is 1. The van der Waals surface area contributed by atoms with Crippen LogP contribution in [0, 0.1) is 0 Å². The van der Waals surface area contributed by atoms with Gasteiger partial charge in [-0.2, -0.15) is 17.5 Å². The Morgan fingerprint density at radius 2 is 1.78 bits per heavy atom. The van der Waals surface area contributed by atoms with E-state index in [0.717, 1.165) is 17.8 Å². The van der Waals surface area contributed by atoms with Gasteiger partial charge in [-0.15, -0.1) is 0 Å². The van der Waals surface area contributed by atoms with Crippen LogP contribution in [0.2, 0.25) is 5.02 Å². The standard InChI is InChI=1S/C17H17ClF3N3O2S/c18-16-5-4-14(11-15(16)17(19,20)21)27(25,26)24-9-7-23(8-10-24)12-13-3-1-2-6-22-13/h1-6,11H,7-10,12H2. The summed E-state index contributed by atoms with van der Waals surface area (Å²) < 4.78 is 65.7. The van der Waals surface area contributed by atoms with Crippen molar-refractivity contribution in [2.24, 2.45) is 0 Å². The summed E-state index contributed by atoms with van der Waals surface area (Å²) in [6.45, 7) is 1.91. The molecule has 0 unspecified atom stereocenters. The van der Waals surface area contributed by atoms with Crippen molar-refractivity contribution in [3.05, 3.63) is 58.9 Å². The van der Waals surface area contributed by atoms with E-state index in [-0.39, 0.29) is 13.1 Å². The number of rotatable bonds is 4. The van der Waals surface area contributed by atoms with E-state index in [4.69, 9.17) is 11.6 Å². The summed E-state index contributed by atoms with van der Waals surface area (Å²) in [7, 11) is -4.03. The van der Waals surface area contributed by atoms with Crippen LogP contribution in [0.4, 0.5) is 13.2 Å². The summed E-state index contributed by atoms with van der Waals surface area (Å²) in [6, 6.07) is 8.24. The van der Waals surface area contributed by atoms with E-state index in [0.29, 0.717) is 25.7 Å². The Kier molecular flexibility index (Phi) is 5.76. The average Bonchev–Trinajstić information content (AvgIpc) is 2.62. The lowest BCUT2D eigenvalue weighted by Gasteiger charge is -2.33. The summed E-state index contributed by atoms with van der Waals surface area (Å²) in [6.07, 6.45) is -3.03. The molecule has 1 fully saturated rings. The van der Waals surface area contributed by atoms with Crippen LogP contribution in [0.5, 0.6) is 0 Å². The lowest BCUT2D eigenvalue weighted by atomic mass is 10.2. The number of alkyl halides is 3. The van der Waals surface area contributed by atoms with Crippen molar-refractivity contribution in [3.8, 4) is 0 Å². The molecule has 0 amide bonds. The second kappa shape index (κ2) is 7.75. The van der Waals surface area contributed by atoms with E-state index in [1.165, 1.54) is 4.31 Å². The summed E-state index contributed by atoms with van der Waals surface area (Å²) in [5, 5.41) is -0.526. The number of hydrogen-bond donors (Lipinski definition) is 0. The Morgan fingerprint density at radius 1 is 1.07 bits per heavy atom. The molecular formula is C17H17ClF3N3O2S.